The maximum atomic E-state index is 14.2. The summed E-state index contributed by atoms with van der Waals surface area (Å²) in [5.74, 6) is -1.85. The lowest BCUT2D eigenvalue weighted by molar-refractivity contribution is 0.101. The molecule has 1 amide bonds. The Kier molecular flexibility index (Phi) is 4.63. The monoisotopic (exact) mass is 426 g/mol. The van der Waals surface area contributed by atoms with E-state index in [-0.39, 0.29) is 33.8 Å². The first-order chi connectivity index (χ1) is 13.3. The Morgan fingerprint density at radius 2 is 2.18 bits per heavy atom. The van der Waals surface area contributed by atoms with E-state index in [1.807, 2.05) is 0 Å². The van der Waals surface area contributed by atoms with Crippen LogP contribution in [0.4, 0.5) is 14.5 Å². The molecule has 4 rings (SSSR count). The predicted molar refractivity (Wildman–Crippen MR) is 101 cm³/mol. The first kappa shape index (κ1) is 18.9. The molecule has 0 unspecified atom stereocenters. The third-order valence-electron chi connectivity index (χ3n) is 4.84. The van der Waals surface area contributed by atoms with Crippen LogP contribution in [0.1, 0.15) is 22.5 Å². The quantitative estimate of drug-likeness (QED) is 0.779. The largest absolute Gasteiger partial charge is 0.462 e. The van der Waals surface area contributed by atoms with Crippen molar-refractivity contribution in [2.45, 2.75) is 18.1 Å². The van der Waals surface area contributed by atoms with Gasteiger partial charge in [0, 0.05) is 28.4 Å². The minimum absolute atomic E-state index is 0.0710. The number of hydrogen-bond acceptors (Lipinski definition) is 5. The van der Waals surface area contributed by atoms with Crippen LogP contribution < -0.4 is 11.1 Å². The molecule has 10 heteroatoms. The molecule has 2 aliphatic rings. The Hall–Kier alpha value is -2.45. The molecule has 3 N–H and O–H groups in total. The van der Waals surface area contributed by atoms with Crippen molar-refractivity contribution in [2.75, 3.05) is 12.0 Å². The Bertz CT molecular complexity index is 1000. The van der Waals surface area contributed by atoms with Gasteiger partial charge in [0.25, 0.3) is 11.9 Å². The smallest absolute Gasteiger partial charge is 0.283 e. The van der Waals surface area contributed by atoms with Crippen molar-refractivity contribution in [2.24, 2.45) is 16.6 Å². The van der Waals surface area contributed by atoms with E-state index >= 15 is 0 Å². The molecule has 146 valence electrons. The number of benzene rings is 1. The lowest BCUT2D eigenvalue weighted by atomic mass is 9.85. The van der Waals surface area contributed by atoms with Gasteiger partial charge in [0.1, 0.15) is 18.3 Å². The van der Waals surface area contributed by atoms with Crippen molar-refractivity contribution >= 4 is 40.8 Å². The topological polar surface area (TPSA) is 89.6 Å². The fraction of sp³-hybridized carbons (Fsp3) is 0.278. The summed E-state index contributed by atoms with van der Waals surface area (Å²) in [7, 11) is 0. The molecule has 1 fully saturated rings. The molecule has 3 atom stereocenters. The van der Waals surface area contributed by atoms with E-state index in [9.17, 15) is 13.6 Å². The highest BCUT2D eigenvalue weighted by molar-refractivity contribution is 6.31. The van der Waals surface area contributed by atoms with Gasteiger partial charge < -0.3 is 15.8 Å². The second kappa shape index (κ2) is 6.86. The Labute approximate surface area is 168 Å². The molecule has 2 heterocycles. The zero-order chi connectivity index (χ0) is 20.1. The number of carbonyl (C=O) groups excluding carboxylic acids is 1. The molecule has 6 nitrogen and oxygen atoms in total. The normalized spacial score (nSPS) is 25.4. The number of anilines is 1. The van der Waals surface area contributed by atoms with Crippen molar-refractivity contribution in [3.8, 4) is 0 Å². The van der Waals surface area contributed by atoms with E-state index < -0.39 is 29.6 Å². The number of carbonyl (C=O) groups is 1. The van der Waals surface area contributed by atoms with Crippen LogP contribution in [-0.4, -0.2) is 29.7 Å². The van der Waals surface area contributed by atoms with Crippen LogP contribution in [0.2, 0.25) is 10.0 Å². The van der Waals surface area contributed by atoms with Gasteiger partial charge in [-0.1, -0.05) is 23.2 Å². The van der Waals surface area contributed by atoms with Crippen LogP contribution in [0.25, 0.3) is 0 Å². The number of rotatable bonds is 4. The molecular formula is C18H14Cl2F2N4O2. The van der Waals surface area contributed by atoms with Gasteiger partial charge >= 0.3 is 0 Å². The lowest BCUT2D eigenvalue weighted by Gasteiger charge is -2.32. The third-order valence-corrected chi connectivity index (χ3v) is 5.38. The number of aliphatic imine (C=N–C) groups is 1. The summed E-state index contributed by atoms with van der Waals surface area (Å²) < 4.78 is 33.4. The first-order valence-corrected chi connectivity index (χ1v) is 9.10. The van der Waals surface area contributed by atoms with Gasteiger partial charge in [0.15, 0.2) is 11.5 Å². The van der Waals surface area contributed by atoms with Crippen LogP contribution in [0, 0.1) is 11.7 Å². The number of pyridine rings is 1. The van der Waals surface area contributed by atoms with E-state index in [4.69, 9.17) is 33.7 Å². The lowest BCUT2D eigenvalue weighted by Crippen LogP contribution is -2.39. The first-order valence-electron chi connectivity index (χ1n) is 8.34. The summed E-state index contributed by atoms with van der Waals surface area (Å²) in [4.78, 5) is 20.3. The fourth-order valence-electron chi connectivity index (χ4n) is 3.43. The van der Waals surface area contributed by atoms with Crippen molar-refractivity contribution in [3.05, 3.63) is 57.6 Å². The van der Waals surface area contributed by atoms with E-state index in [0.29, 0.717) is 12.0 Å². The second-order valence-corrected chi connectivity index (χ2v) is 7.48. The summed E-state index contributed by atoms with van der Waals surface area (Å²) in [6.07, 6.45) is 1.55. The maximum absolute atomic E-state index is 14.2. The number of nitrogens with two attached hydrogens (primary N) is 1. The Morgan fingerprint density at radius 3 is 2.89 bits per heavy atom. The number of aromatic nitrogens is 1. The average Bonchev–Trinajstić information content (AvgIpc) is 3.42. The van der Waals surface area contributed by atoms with Crippen LogP contribution in [0.15, 0.2) is 35.5 Å². The second-order valence-electron chi connectivity index (χ2n) is 6.64. The minimum Gasteiger partial charge on any atom is -0.462 e. The average molecular weight is 427 g/mol. The zero-order valence-corrected chi connectivity index (χ0v) is 15.8. The van der Waals surface area contributed by atoms with Crippen molar-refractivity contribution in [1.29, 1.82) is 0 Å². The summed E-state index contributed by atoms with van der Waals surface area (Å²) in [5, 5.41) is 2.87. The molecule has 1 aliphatic heterocycles. The number of amidine groups is 1. The highest BCUT2D eigenvalue weighted by atomic mass is 35.5. The fourth-order valence-corrected chi connectivity index (χ4v) is 3.86. The SMILES string of the molecule is NC1=N[C@](CF)(c2cc(NC(=O)c3ncc(Cl)cc3F)ccc2Cl)[C@H]2C[C@H]2O1. The van der Waals surface area contributed by atoms with Gasteiger partial charge in [0.05, 0.1) is 5.02 Å². The van der Waals surface area contributed by atoms with E-state index in [2.05, 4.69) is 15.3 Å². The van der Waals surface area contributed by atoms with Gasteiger partial charge in [-0.15, -0.1) is 0 Å². The van der Waals surface area contributed by atoms with E-state index in [1.54, 1.807) is 0 Å². The van der Waals surface area contributed by atoms with Gasteiger partial charge in [-0.05, 0) is 30.7 Å². The summed E-state index contributed by atoms with van der Waals surface area (Å²) in [6, 6.07) is 5.41. The molecule has 2 aromatic rings. The summed E-state index contributed by atoms with van der Waals surface area (Å²) in [6.45, 7) is -0.831. The number of hydrogen-bond donors (Lipinski definition) is 2. The molecule has 28 heavy (non-hydrogen) atoms. The standard InChI is InChI=1S/C18H14Cl2F2N4O2/c19-8-3-13(22)15(24-6-8)16(27)25-9-1-2-12(20)10(4-9)18(7-21)11-5-14(11)28-17(23)26-18/h1-4,6,11,14H,5,7H2,(H2,23,26)(H,25,27)/t11-,14+,18+/m0/s1. The van der Waals surface area contributed by atoms with Crippen molar-refractivity contribution < 1.29 is 18.3 Å². The number of alkyl halides is 1. The van der Waals surface area contributed by atoms with Gasteiger partial charge in [-0.25, -0.2) is 18.8 Å². The van der Waals surface area contributed by atoms with Crippen molar-refractivity contribution in [1.82, 2.24) is 4.98 Å². The molecule has 0 saturated heterocycles. The molecule has 0 bridgehead atoms. The molecule has 1 saturated carbocycles. The number of ether oxygens (including phenoxy) is 1. The van der Waals surface area contributed by atoms with Gasteiger partial charge in [-0.3, -0.25) is 4.79 Å². The number of halogens is 4. The molecule has 1 aromatic carbocycles. The molecule has 0 radical (unpaired) electrons. The molecule has 1 aliphatic carbocycles. The molecular weight excluding hydrogens is 413 g/mol. The molecule has 0 spiro atoms. The van der Waals surface area contributed by atoms with Gasteiger partial charge in [0.2, 0.25) is 0 Å². The Morgan fingerprint density at radius 1 is 1.39 bits per heavy atom. The van der Waals surface area contributed by atoms with Crippen LogP contribution in [0.5, 0.6) is 0 Å². The highest BCUT2D eigenvalue weighted by Crippen LogP contribution is 2.54. The van der Waals surface area contributed by atoms with Gasteiger partial charge in [-0.2, -0.15) is 0 Å². The minimum atomic E-state index is -1.28. The van der Waals surface area contributed by atoms with Crippen LogP contribution >= 0.6 is 23.2 Å². The summed E-state index contributed by atoms with van der Waals surface area (Å²) in [5.41, 5.74) is 4.65. The van der Waals surface area contributed by atoms with E-state index in [1.165, 1.54) is 18.2 Å². The van der Waals surface area contributed by atoms with Crippen LogP contribution in [0.3, 0.4) is 0 Å². The van der Waals surface area contributed by atoms with Crippen molar-refractivity contribution in [3.63, 3.8) is 0 Å². The number of nitrogens with one attached hydrogen (secondary N) is 1. The van der Waals surface area contributed by atoms with Crippen LogP contribution in [-0.2, 0) is 10.3 Å². The third kappa shape index (κ3) is 3.16. The predicted octanol–water partition coefficient (Wildman–Crippen LogP) is 3.68. The maximum Gasteiger partial charge on any atom is 0.283 e. The Balaban J connectivity index is 1.68. The highest BCUT2D eigenvalue weighted by Gasteiger charge is 2.59. The van der Waals surface area contributed by atoms with E-state index in [0.717, 1.165) is 12.3 Å². The summed E-state index contributed by atoms with van der Waals surface area (Å²) >= 11 is 12.0. The zero-order valence-electron chi connectivity index (χ0n) is 14.3. The molecule has 1 aromatic heterocycles. The number of amides is 1. The number of nitrogens with zero attached hydrogens (tertiary/aromatic N) is 2. The number of fused-ring (bicyclic) bond motifs is 1.